The van der Waals surface area contributed by atoms with Crippen molar-refractivity contribution in [2.75, 3.05) is 5.75 Å². The molecule has 70 valence electrons. The van der Waals surface area contributed by atoms with E-state index in [2.05, 4.69) is 11.9 Å². The SMILES string of the molecule is CCSC1CCC(N=C(N)N)C1. The smallest absolute Gasteiger partial charge is 0.186 e. The molecule has 3 nitrogen and oxygen atoms in total. The van der Waals surface area contributed by atoms with Crippen molar-refractivity contribution in [1.29, 1.82) is 0 Å². The van der Waals surface area contributed by atoms with Crippen molar-refractivity contribution in [2.45, 2.75) is 37.5 Å². The highest BCUT2D eigenvalue weighted by Crippen LogP contribution is 2.31. The fourth-order valence-corrected chi connectivity index (χ4v) is 2.76. The zero-order valence-corrected chi connectivity index (χ0v) is 8.31. The Morgan fingerprint density at radius 3 is 2.83 bits per heavy atom. The maximum absolute atomic E-state index is 5.31. The van der Waals surface area contributed by atoms with Crippen molar-refractivity contribution < 1.29 is 0 Å². The number of rotatable bonds is 3. The second-order valence-corrected chi connectivity index (χ2v) is 4.68. The fourth-order valence-electron chi connectivity index (χ4n) is 1.63. The molecule has 4 heteroatoms. The summed E-state index contributed by atoms with van der Waals surface area (Å²) in [6.45, 7) is 2.19. The number of nitrogens with two attached hydrogens (primary N) is 2. The van der Waals surface area contributed by atoms with E-state index in [1.54, 1.807) is 0 Å². The van der Waals surface area contributed by atoms with Gasteiger partial charge in [0.25, 0.3) is 0 Å². The summed E-state index contributed by atoms with van der Waals surface area (Å²) >= 11 is 2.02. The maximum Gasteiger partial charge on any atom is 0.186 e. The van der Waals surface area contributed by atoms with Gasteiger partial charge in [-0.2, -0.15) is 11.8 Å². The minimum Gasteiger partial charge on any atom is -0.370 e. The Kier molecular flexibility index (Phi) is 3.72. The molecule has 0 aromatic rings. The average molecular weight is 187 g/mol. The molecule has 0 amide bonds. The van der Waals surface area contributed by atoms with Crippen LogP contribution in [-0.4, -0.2) is 23.0 Å². The predicted octanol–water partition coefficient (Wildman–Crippen LogP) is 0.934. The van der Waals surface area contributed by atoms with Crippen molar-refractivity contribution in [3.8, 4) is 0 Å². The van der Waals surface area contributed by atoms with Crippen LogP contribution in [0.15, 0.2) is 4.99 Å². The molecular weight excluding hydrogens is 170 g/mol. The van der Waals surface area contributed by atoms with Gasteiger partial charge in [-0.25, -0.2) is 0 Å². The topological polar surface area (TPSA) is 64.4 Å². The molecule has 1 fully saturated rings. The Hall–Kier alpha value is -0.380. The van der Waals surface area contributed by atoms with Gasteiger partial charge in [0.2, 0.25) is 0 Å². The highest BCUT2D eigenvalue weighted by molar-refractivity contribution is 7.99. The van der Waals surface area contributed by atoms with Gasteiger partial charge in [-0.05, 0) is 25.0 Å². The molecule has 0 spiro atoms. The zero-order valence-electron chi connectivity index (χ0n) is 7.49. The minimum atomic E-state index is 0.238. The summed E-state index contributed by atoms with van der Waals surface area (Å²) in [4.78, 5) is 4.17. The minimum absolute atomic E-state index is 0.238. The van der Waals surface area contributed by atoms with Gasteiger partial charge >= 0.3 is 0 Å². The molecule has 0 aliphatic heterocycles. The summed E-state index contributed by atoms with van der Waals surface area (Å²) in [5, 5.41) is 0.781. The average Bonchev–Trinajstić information content (AvgIpc) is 2.36. The summed E-state index contributed by atoms with van der Waals surface area (Å²) in [5.41, 5.74) is 10.6. The Morgan fingerprint density at radius 1 is 1.50 bits per heavy atom. The van der Waals surface area contributed by atoms with Gasteiger partial charge < -0.3 is 11.5 Å². The third kappa shape index (κ3) is 2.93. The summed E-state index contributed by atoms with van der Waals surface area (Å²) in [7, 11) is 0. The van der Waals surface area contributed by atoms with Crippen LogP contribution in [0.3, 0.4) is 0 Å². The zero-order chi connectivity index (χ0) is 8.97. The van der Waals surface area contributed by atoms with Crippen LogP contribution in [0.4, 0.5) is 0 Å². The van der Waals surface area contributed by atoms with E-state index in [0.29, 0.717) is 6.04 Å². The Morgan fingerprint density at radius 2 is 2.25 bits per heavy atom. The second kappa shape index (κ2) is 4.60. The van der Waals surface area contributed by atoms with Gasteiger partial charge in [-0.3, -0.25) is 4.99 Å². The van der Waals surface area contributed by atoms with Crippen LogP contribution in [0.1, 0.15) is 26.2 Å². The van der Waals surface area contributed by atoms with Gasteiger partial charge in [-0.1, -0.05) is 6.92 Å². The monoisotopic (exact) mass is 187 g/mol. The summed E-state index contributed by atoms with van der Waals surface area (Å²) in [6, 6.07) is 0.388. The van der Waals surface area contributed by atoms with Crippen molar-refractivity contribution in [2.24, 2.45) is 16.5 Å². The third-order valence-electron chi connectivity index (χ3n) is 2.09. The van der Waals surface area contributed by atoms with E-state index in [0.717, 1.165) is 18.1 Å². The van der Waals surface area contributed by atoms with Gasteiger partial charge in [0.15, 0.2) is 5.96 Å². The molecule has 0 radical (unpaired) electrons. The van der Waals surface area contributed by atoms with Crippen LogP contribution in [0.2, 0.25) is 0 Å². The van der Waals surface area contributed by atoms with Gasteiger partial charge in [-0.15, -0.1) is 0 Å². The lowest BCUT2D eigenvalue weighted by Gasteiger charge is -2.06. The fraction of sp³-hybridized carbons (Fsp3) is 0.875. The van der Waals surface area contributed by atoms with E-state index in [9.17, 15) is 0 Å². The molecule has 1 saturated carbocycles. The van der Waals surface area contributed by atoms with E-state index in [-0.39, 0.29) is 5.96 Å². The number of hydrogen-bond donors (Lipinski definition) is 2. The normalized spacial score (nSPS) is 28.8. The standard InChI is InChI=1S/C8H17N3S/c1-2-12-7-4-3-6(5-7)11-8(9)10/h6-7H,2-5H2,1H3,(H4,9,10,11). The molecule has 0 saturated heterocycles. The van der Waals surface area contributed by atoms with Crippen LogP contribution >= 0.6 is 11.8 Å². The first-order valence-corrected chi connectivity index (χ1v) is 5.47. The summed E-state index contributed by atoms with van der Waals surface area (Å²) in [5.74, 6) is 1.43. The van der Waals surface area contributed by atoms with Crippen LogP contribution in [0.5, 0.6) is 0 Å². The van der Waals surface area contributed by atoms with Crippen LogP contribution in [0, 0.1) is 0 Å². The molecule has 0 heterocycles. The molecule has 1 aliphatic rings. The van der Waals surface area contributed by atoms with Gasteiger partial charge in [0, 0.05) is 5.25 Å². The molecule has 12 heavy (non-hydrogen) atoms. The number of aliphatic imine (C=N–C) groups is 1. The van der Waals surface area contributed by atoms with Crippen molar-refractivity contribution in [3.63, 3.8) is 0 Å². The molecular formula is C8H17N3S. The Bertz CT molecular complexity index is 166. The number of nitrogens with zero attached hydrogens (tertiary/aromatic N) is 1. The second-order valence-electron chi connectivity index (χ2n) is 3.10. The largest absolute Gasteiger partial charge is 0.370 e. The maximum atomic E-state index is 5.31. The van der Waals surface area contributed by atoms with E-state index in [1.165, 1.54) is 12.2 Å². The van der Waals surface area contributed by atoms with Crippen LogP contribution < -0.4 is 11.5 Å². The quantitative estimate of drug-likeness (QED) is 0.510. The first-order valence-electron chi connectivity index (χ1n) is 4.42. The van der Waals surface area contributed by atoms with Crippen molar-refractivity contribution in [1.82, 2.24) is 0 Å². The molecule has 0 bridgehead atoms. The molecule has 2 unspecified atom stereocenters. The van der Waals surface area contributed by atoms with E-state index in [4.69, 9.17) is 11.5 Å². The predicted molar refractivity (Wildman–Crippen MR) is 55.4 cm³/mol. The van der Waals surface area contributed by atoms with Crippen LogP contribution in [0.25, 0.3) is 0 Å². The van der Waals surface area contributed by atoms with Gasteiger partial charge in [0.1, 0.15) is 0 Å². The van der Waals surface area contributed by atoms with E-state index in [1.807, 2.05) is 11.8 Å². The molecule has 0 aromatic heterocycles. The number of thioether (sulfide) groups is 1. The van der Waals surface area contributed by atoms with Crippen molar-refractivity contribution in [3.05, 3.63) is 0 Å². The first kappa shape index (κ1) is 9.71. The highest BCUT2D eigenvalue weighted by Gasteiger charge is 2.23. The third-order valence-corrected chi connectivity index (χ3v) is 3.32. The van der Waals surface area contributed by atoms with Crippen molar-refractivity contribution >= 4 is 17.7 Å². The van der Waals surface area contributed by atoms with E-state index >= 15 is 0 Å². The summed E-state index contributed by atoms with van der Waals surface area (Å²) in [6.07, 6.45) is 3.56. The molecule has 4 N–H and O–H groups in total. The number of guanidine groups is 1. The molecule has 1 aliphatic carbocycles. The molecule has 1 rings (SSSR count). The number of hydrogen-bond acceptors (Lipinski definition) is 2. The van der Waals surface area contributed by atoms with E-state index < -0.39 is 0 Å². The highest BCUT2D eigenvalue weighted by atomic mass is 32.2. The van der Waals surface area contributed by atoms with Gasteiger partial charge in [0.05, 0.1) is 6.04 Å². The molecule has 0 aromatic carbocycles. The lowest BCUT2D eigenvalue weighted by atomic mass is 10.3. The first-order chi connectivity index (χ1) is 5.72. The lowest BCUT2D eigenvalue weighted by Crippen LogP contribution is -2.24. The lowest BCUT2D eigenvalue weighted by molar-refractivity contribution is 0.706. The Labute approximate surface area is 78.0 Å². The molecule has 2 atom stereocenters. The summed E-state index contributed by atoms with van der Waals surface area (Å²) < 4.78 is 0. The van der Waals surface area contributed by atoms with Crippen LogP contribution in [-0.2, 0) is 0 Å². The Balaban J connectivity index is 2.30.